The molecule has 0 spiro atoms. The van der Waals surface area contributed by atoms with Gasteiger partial charge in [0, 0.05) is 13.1 Å². The highest BCUT2D eigenvalue weighted by molar-refractivity contribution is 5.75. The highest BCUT2D eigenvalue weighted by Crippen LogP contribution is 2.41. The number of oxazole rings is 1. The summed E-state index contributed by atoms with van der Waals surface area (Å²) in [5, 5.41) is 3.32. The van der Waals surface area contributed by atoms with Gasteiger partial charge in [0.25, 0.3) is 0 Å². The fourth-order valence-electron chi connectivity index (χ4n) is 4.33. The van der Waals surface area contributed by atoms with Crippen LogP contribution in [0.5, 0.6) is 0 Å². The number of hydrogen-bond donors (Lipinski definition) is 1. The van der Waals surface area contributed by atoms with Crippen molar-refractivity contribution in [3.05, 3.63) is 65.5 Å². The molecule has 3 aromatic rings. The molecule has 5 heteroatoms. The van der Waals surface area contributed by atoms with Crippen LogP contribution in [0.25, 0.3) is 11.1 Å². The molecule has 1 N–H and O–H groups in total. The molecular weight excluding hydrogens is 362 g/mol. The molecule has 2 atom stereocenters. The van der Waals surface area contributed by atoms with Crippen molar-refractivity contribution < 1.29 is 9.21 Å². The van der Waals surface area contributed by atoms with Gasteiger partial charge >= 0.3 is 6.03 Å². The molecule has 1 aliphatic heterocycles. The van der Waals surface area contributed by atoms with Crippen molar-refractivity contribution in [2.75, 3.05) is 13.1 Å². The second kappa shape index (κ2) is 7.54. The minimum Gasteiger partial charge on any atom is -0.440 e. The van der Waals surface area contributed by atoms with E-state index < -0.39 is 0 Å². The molecule has 29 heavy (non-hydrogen) atoms. The summed E-state index contributed by atoms with van der Waals surface area (Å²) in [5.74, 6) is 1.46. The molecule has 2 fully saturated rings. The number of aromatic nitrogens is 1. The first-order chi connectivity index (χ1) is 14.2. The van der Waals surface area contributed by atoms with Crippen LogP contribution in [0.4, 0.5) is 4.79 Å². The molecule has 2 unspecified atom stereocenters. The Morgan fingerprint density at radius 1 is 1.14 bits per heavy atom. The van der Waals surface area contributed by atoms with Gasteiger partial charge in [-0.25, -0.2) is 9.78 Å². The molecule has 0 radical (unpaired) electrons. The van der Waals surface area contributed by atoms with Crippen molar-refractivity contribution in [3.63, 3.8) is 0 Å². The number of carbonyl (C=O) groups excluding carboxylic acids is 1. The maximum absolute atomic E-state index is 13.1. The molecule has 2 heterocycles. The van der Waals surface area contributed by atoms with Crippen LogP contribution in [0.3, 0.4) is 0 Å². The summed E-state index contributed by atoms with van der Waals surface area (Å²) in [6, 6.07) is 16.5. The average molecular weight is 389 g/mol. The van der Waals surface area contributed by atoms with Crippen molar-refractivity contribution in [2.24, 2.45) is 5.92 Å². The Morgan fingerprint density at radius 3 is 2.69 bits per heavy atom. The number of likely N-dealkylation sites (tertiary alicyclic amines) is 1. The fraction of sp³-hybridized carbons (Fsp3) is 0.417. The van der Waals surface area contributed by atoms with Gasteiger partial charge < -0.3 is 14.6 Å². The van der Waals surface area contributed by atoms with E-state index in [1.807, 2.05) is 29.2 Å². The predicted molar refractivity (Wildman–Crippen MR) is 113 cm³/mol. The Labute approximate surface area is 171 Å². The number of piperidine rings is 1. The standard InChI is InChI=1S/C24H27N3O2/c1-16-8-10-17(11-9-16)22(18-12-13-18)26-24(28)27-14-4-5-19(15-27)23-25-20-6-2-3-7-21(20)29-23/h2-3,6-11,18-19,22H,4-5,12-15H2,1H3,(H,26,28). The summed E-state index contributed by atoms with van der Waals surface area (Å²) in [6.07, 6.45) is 4.34. The Kier molecular flexibility index (Phi) is 4.74. The monoisotopic (exact) mass is 389 g/mol. The number of nitrogens with zero attached hydrogens (tertiary/aromatic N) is 2. The van der Waals surface area contributed by atoms with E-state index in [9.17, 15) is 4.79 Å². The molecule has 2 amide bonds. The third-order valence-corrected chi connectivity index (χ3v) is 6.18. The summed E-state index contributed by atoms with van der Waals surface area (Å²) < 4.78 is 5.98. The van der Waals surface area contributed by atoms with Gasteiger partial charge in [0.1, 0.15) is 5.52 Å². The van der Waals surface area contributed by atoms with Gasteiger partial charge in [0.05, 0.1) is 12.0 Å². The van der Waals surface area contributed by atoms with E-state index in [0.717, 1.165) is 36.4 Å². The minimum absolute atomic E-state index is 0.0308. The Balaban J connectivity index is 1.29. The van der Waals surface area contributed by atoms with Crippen molar-refractivity contribution in [2.45, 2.75) is 44.6 Å². The molecule has 2 aliphatic rings. The second-order valence-corrected chi connectivity index (χ2v) is 8.48. The minimum atomic E-state index is 0.0308. The Bertz CT molecular complexity index is 973. The van der Waals surface area contributed by atoms with Gasteiger partial charge in [0.15, 0.2) is 11.5 Å². The zero-order valence-corrected chi connectivity index (χ0v) is 16.8. The van der Waals surface area contributed by atoms with Crippen molar-refractivity contribution in [1.29, 1.82) is 0 Å². The zero-order chi connectivity index (χ0) is 19.8. The first kappa shape index (κ1) is 18.2. The molecule has 5 nitrogen and oxygen atoms in total. The lowest BCUT2D eigenvalue weighted by atomic mass is 9.98. The SMILES string of the molecule is Cc1ccc(C(NC(=O)N2CCCC(c3nc4ccccc4o3)C2)C2CC2)cc1. The average Bonchev–Trinajstić information content (AvgIpc) is 3.50. The third-order valence-electron chi connectivity index (χ3n) is 6.18. The van der Waals surface area contributed by atoms with Gasteiger partial charge in [-0.1, -0.05) is 42.0 Å². The van der Waals surface area contributed by atoms with Crippen LogP contribution in [0.15, 0.2) is 52.9 Å². The highest BCUT2D eigenvalue weighted by atomic mass is 16.3. The van der Waals surface area contributed by atoms with Crippen LogP contribution < -0.4 is 5.32 Å². The largest absolute Gasteiger partial charge is 0.440 e. The number of urea groups is 1. The Morgan fingerprint density at radius 2 is 1.93 bits per heavy atom. The molecule has 1 saturated heterocycles. The van der Waals surface area contributed by atoms with Gasteiger partial charge in [-0.15, -0.1) is 0 Å². The number of nitrogens with one attached hydrogen (secondary N) is 1. The zero-order valence-electron chi connectivity index (χ0n) is 16.8. The van der Waals surface area contributed by atoms with E-state index in [2.05, 4.69) is 41.5 Å². The normalized spacial score (nSPS) is 20.6. The molecule has 5 rings (SSSR count). The number of aryl methyl sites for hydroxylation is 1. The number of amides is 2. The molecule has 150 valence electrons. The molecule has 0 bridgehead atoms. The summed E-state index contributed by atoms with van der Waals surface area (Å²) in [7, 11) is 0. The number of benzene rings is 2. The molecule has 1 aliphatic carbocycles. The van der Waals surface area contributed by atoms with Crippen LogP contribution in [0.1, 0.15) is 54.7 Å². The molecule has 2 aromatic carbocycles. The number of rotatable bonds is 4. The van der Waals surface area contributed by atoms with Crippen LogP contribution in [-0.4, -0.2) is 29.0 Å². The quantitative estimate of drug-likeness (QED) is 0.669. The van der Waals surface area contributed by atoms with Crippen molar-refractivity contribution in [1.82, 2.24) is 15.2 Å². The van der Waals surface area contributed by atoms with E-state index in [1.165, 1.54) is 24.0 Å². The van der Waals surface area contributed by atoms with Crippen LogP contribution in [-0.2, 0) is 0 Å². The lowest BCUT2D eigenvalue weighted by molar-refractivity contribution is 0.170. The summed E-state index contributed by atoms with van der Waals surface area (Å²) in [6.45, 7) is 3.53. The number of fused-ring (bicyclic) bond motifs is 1. The third kappa shape index (κ3) is 3.86. The first-order valence-electron chi connectivity index (χ1n) is 10.6. The molecule has 1 saturated carbocycles. The van der Waals surface area contributed by atoms with Crippen LogP contribution in [0, 0.1) is 12.8 Å². The van der Waals surface area contributed by atoms with E-state index in [0.29, 0.717) is 12.5 Å². The van der Waals surface area contributed by atoms with E-state index in [1.54, 1.807) is 0 Å². The van der Waals surface area contributed by atoms with Crippen LogP contribution >= 0.6 is 0 Å². The lowest BCUT2D eigenvalue weighted by Gasteiger charge is -2.33. The predicted octanol–water partition coefficient (Wildman–Crippen LogP) is 5.18. The van der Waals surface area contributed by atoms with Gasteiger partial charge in [-0.3, -0.25) is 0 Å². The second-order valence-electron chi connectivity index (χ2n) is 8.48. The van der Waals surface area contributed by atoms with Crippen molar-refractivity contribution >= 4 is 17.1 Å². The van der Waals surface area contributed by atoms with Gasteiger partial charge in [0.2, 0.25) is 0 Å². The highest BCUT2D eigenvalue weighted by Gasteiger charge is 2.35. The fourth-order valence-corrected chi connectivity index (χ4v) is 4.33. The maximum Gasteiger partial charge on any atom is 0.317 e. The van der Waals surface area contributed by atoms with E-state index >= 15 is 0 Å². The molecule has 1 aromatic heterocycles. The summed E-state index contributed by atoms with van der Waals surface area (Å²) >= 11 is 0. The Hall–Kier alpha value is -2.82. The number of carbonyl (C=O) groups is 1. The first-order valence-corrected chi connectivity index (χ1v) is 10.6. The molecular formula is C24H27N3O2. The van der Waals surface area contributed by atoms with Crippen molar-refractivity contribution in [3.8, 4) is 0 Å². The van der Waals surface area contributed by atoms with E-state index in [4.69, 9.17) is 4.42 Å². The van der Waals surface area contributed by atoms with Gasteiger partial charge in [-0.05, 0) is 56.2 Å². The lowest BCUT2D eigenvalue weighted by Crippen LogP contribution is -2.46. The van der Waals surface area contributed by atoms with Crippen LogP contribution in [0.2, 0.25) is 0 Å². The topological polar surface area (TPSA) is 58.4 Å². The van der Waals surface area contributed by atoms with E-state index in [-0.39, 0.29) is 18.0 Å². The number of para-hydroxylation sites is 2. The summed E-state index contributed by atoms with van der Waals surface area (Å²) in [4.78, 5) is 19.7. The smallest absolute Gasteiger partial charge is 0.317 e. The van der Waals surface area contributed by atoms with Gasteiger partial charge in [-0.2, -0.15) is 0 Å². The maximum atomic E-state index is 13.1. The summed E-state index contributed by atoms with van der Waals surface area (Å²) in [5.41, 5.74) is 4.15. The number of hydrogen-bond acceptors (Lipinski definition) is 3.